The lowest BCUT2D eigenvalue weighted by atomic mass is 9.94. The maximum atomic E-state index is 2.25. The van der Waals surface area contributed by atoms with Gasteiger partial charge in [-0.3, -0.25) is 0 Å². The van der Waals surface area contributed by atoms with Crippen molar-refractivity contribution >= 4 is 5.69 Å². The molecule has 0 radical (unpaired) electrons. The summed E-state index contributed by atoms with van der Waals surface area (Å²) in [5.41, 5.74) is 2.49. The highest BCUT2D eigenvalue weighted by Gasteiger charge is 2.30. The van der Waals surface area contributed by atoms with Gasteiger partial charge in [0.25, 0.3) is 0 Å². The molecule has 0 saturated heterocycles. The van der Waals surface area contributed by atoms with E-state index in [0.29, 0.717) is 0 Å². The molecule has 0 saturated carbocycles. The minimum absolute atomic E-state index is 0.0356. The van der Waals surface area contributed by atoms with Gasteiger partial charge < -0.3 is 4.90 Å². The first-order valence-corrected chi connectivity index (χ1v) is 6.26. The summed E-state index contributed by atoms with van der Waals surface area (Å²) in [6, 6.07) is 14.9. The van der Waals surface area contributed by atoms with Gasteiger partial charge in [0.15, 0.2) is 17.9 Å². The summed E-state index contributed by atoms with van der Waals surface area (Å²) in [6.07, 6.45) is 4.28. The topological polar surface area (TPSA) is 7.12 Å². The molecule has 0 bridgehead atoms. The van der Waals surface area contributed by atoms with Crippen molar-refractivity contribution in [2.45, 2.75) is 19.4 Å². The van der Waals surface area contributed by atoms with Gasteiger partial charge in [-0.1, -0.05) is 30.3 Å². The molecular weight excluding hydrogens is 220 g/mol. The van der Waals surface area contributed by atoms with E-state index in [4.69, 9.17) is 0 Å². The molecule has 2 heteroatoms. The zero-order valence-corrected chi connectivity index (χ0v) is 11.6. The van der Waals surface area contributed by atoms with E-state index in [9.17, 15) is 0 Å². The molecule has 0 fully saturated rings. The summed E-state index contributed by atoms with van der Waals surface area (Å²) in [6.45, 7) is 4.47. The number of anilines is 1. The SMILES string of the molecule is CN(C)c1cc[n+](C(C)(C)c2ccccc2)cc1. The normalized spacial score (nSPS) is 11.3. The molecule has 0 aliphatic heterocycles. The van der Waals surface area contributed by atoms with Crippen LogP contribution in [0.2, 0.25) is 0 Å². The third-order valence-electron chi connectivity index (χ3n) is 3.45. The molecule has 0 aliphatic carbocycles. The van der Waals surface area contributed by atoms with E-state index < -0.39 is 0 Å². The Kier molecular flexibility index (Phi) is 3.37. The van der Waals surface area contributed by atoms with Crippen LogP contribution in [0, 0.1) is 0 Å². The summed E-state index contributed by atoms with van der Waals surface area (Å²) in [7, 11) is 4.12. The Morgan fingerprint density at radius 3 is 1.94 bits per heavy atom. The van der Waals surface area contributed by atoms with Crippen LogP contribution in [0.25, 0.3) is 0 Å². The average Bonchev–Trinajstić information content (AvgIpc) is 2.40. The lowest BCUT2D eigenvalue weighted by Gasteiger charge is -2.20. The van der Waals surface area contributed by atoms with Gasteiger partial charge in [-0.2, -0.15) is 4.57 Å². The van der Waals surface area contributed by atoms with Crippen LogP contribution in [-0.4, -0.2) is 14.1 Å². The molecule has 1 heterocycles. The molecule has 0 unspecified atom stereocenters. The first-order valence-electron chi connectivity index (χ1n) is 6.26. The Bertz CT molecular complexity index is 498. The van der Waals surface area contributed by atoms with Crippen molar-refractivity contribution < 1.29 is 4.57 Å². The smallest absolute Gasteiger partial charge is 0.187 e. The fourth-order valence-electron chi connectivity index (χ4n) is 2.08. The van der Waals surface area contributed by atoms with E-state index in [1.165, 1.54) is 11.3 Å². The van der Waals surface area contributed by atoms with Gasteiger partial charge in [-0.15, -0.1) is 0 Å². The van der Waals surface area contributed by atoms with E-state index >= 15 is 0 Å². The van der Waals surface area contributed by atoms with Crippen LogP contribution in [0.4, 0.5) is 5.69 Å². The number of nitrogens with zero attached hydrogens (tertiary/aromatic N) is 2. The highest BCUT2D eigenvalue weighted by Crippen LogP contribution is 2.19. The Morgan fingerprint density at radius 2 is 1.44 bits per heavy atom. The predicted octanol–water partition coefficient (Wildman–Crippen LogP) is 2.82. The van der Waals surface area contributed by atoms with Crippen molar-refractivity contribution in [1.29, 1.82) is 0 Å². The fourth-order valence-corrected chi connectivity index (χ4v) is 2.08. The standard InChI is InChI=1S/C16H21N2/c1-16(2,14-8-6-5-7-9-14)18-12-10-15(11-13-18)17(3)4/h5-13H,1-4H3/q+1. The van der Waals surface area contributed by atoms with Crippen LogP contribution in [0.5, 0.6) is 0 Å². The first-order chi connectivity index (χ1) is 8.51. The monoisotopic (exact) mass is 241 g/mol. The molecule has 0 spiro atoms. The first kappa shape index (κ1) is 12.6. The van der Waals surface area contributed by atoms with E-state index in [2.05, 4.69) is 92.3 Å². The molecule has 1 aromatic heterocycles. The van der Waals surface area contributed by atoms with Gasteiger partial charge in [0, 0.05) is 51.3 Å². The Balaban J connectivity index is 2.36. The summed E-state index contributed by atoms with van der Waals surface area (Å²) < 4.78 is 2.25. The molecule has 0 aliphatic rings. The number of hydrogen-bond acceptors (Lipinski definition) is 1. The maximum absolute atomic E-state index is 2.25. The minimum atomic E-state index is -0.0356. The second-order valence-electron chi connectivity index (χ2n) is 5.28. The highest BCUT2D eigenvalue weighted by atomic mass is 15.1. The molecule has 94 valence electrons. The Morgan fingerprint density at radius 1 is 0.889 bits per heavy atom. The van der Waals surface area contributed by atoms with E-state index in [-0.39, 0.29) is 5.54 Å². The summed E-state index contributed by atoms with van der Waals surface area (Å²) >= 11 is 0. The highest BCUT2D eigenvalue weighted by molar-refractivity contribution is 5.41. The third-order valence-corrected chi connectivity index (χ3v) is 3.45. The van der Waals surface area contributed by atoms with Gasteiger partial charge in [-0.25, -0.2) is 0 Å². The Labute approximate surface area is 110 Å². The fraction of sp³-hybridized carbons (Fsp3) is 0.312. The molecule has 2 nitrogen and oxygen atoms in total. The lowest BCUT2D eigenvalue weighted by Crippen LogP contribution is -2.52. The van der Waals surface area contributed by atoms with Crippen molar-refractivity contribution in [3.8, 4) is 0 Å². The Hall–Kier alpha value is -1.83. The largest absolute Gasteiger partial charge is 0.377 e. The van der Waals surface area contributed by atoms with Crippen molar-refractivity contribution in [2.75, 3.05) is 19.0 Å². The molecule has 18 heavy (non-hydrogen) atoms. The van der Waals surface area contributed by atoms with Gasteiger partial charge in [0.2, 0.25) is 0 Å². The summed E-state index contributed by atoms with van der Waals surface area (Å²) in [5, 5.41) is 0. The van der Waals surface area contributed by atoms with E-state index in [1.807, 2.05) is 0 Å². The van der Waals surface area contributed by atoms with Crippen LogP contribution >= 0.6 is 0 Å². The molecule has 2 aromatic rings. The number of rotatable bonds is 3. The average molecular weight is 241 g/mol. The third kappa shape index (κ3) is 2.37. The van der Waals surface area contributed by atoms with Crippen LogP contribution in [0.1, 0.15) is 19.4 Å². The van der Waals surface area contributed by atoms with Gasteiger partial charge in [0.1, 0.15) is 0 Å². The number of pyridine rings is 1. The van der Waals surface area contributed by atoms with Gasteiger partial charge in [0.05, 0.1) is 0 Å². The van der Waals surface area contributed by atoms with Crippen molar-refractivity contribution in [2.24, 2.45) is 0 Å². The second-order valence-corrected chi connectivity index (χ2v) is 5.28. The molecule has 1 aromatic carbocycles. The van der Waals surface area contributed by atoms with Crippen molar-refractivity contribution in [3.63, 3.8) is 0 Å². The second kappa shape index (κ2) is 4.81. The lowest BCUT2D eigenvalue weighted by molar-refractivity contribution is -0.747. The van der Waals surface area contributed by atoms with E-state index in [0.717, 1.165) is 0 Å². The minimum Gasteiger partial charge on any atom is -0.377 e. The zero-order valence-electron chi connectivity index (χ0n) is 11.6. The summed E-state index contributed by atoms with van der Waals surface area (Å²) in [4.78, 5) is 2.11. The van der Waals surface area contributed by atoms with Crippen LogP contribution in [0.3, 0.4) is 0 Å². The maximum Gasteiger partial charge on any atom is 0.187 e. The number of aromatic nitrogens is 1. The molecule has 0 atom stereocenters. The van der Waals surface area contributed by atoms with Gasteiger partial charge in [-0.05, 0) is 0 Å². The van der Waals surface area contributed by atoms with Gasteiger partial charge >= 0.3 is 0 Å². The van der Waals surface area contributed by atoms with Crippen LogP contribution in [-0.2, 0) is 5.54 Å². The van der Waals surface area contributed by atoms with Crippen molar-refractivity contribution in [3.05, 3.63) is 60.4 Å². The predicted molar refractivity (Wildman–Crippen MR) is 75.8 cm³/mol. The quantitative estimate of drug-likeness (QED) is 0.750. The van der Waals surface area contributed by atoms with E-state index in [1.54, 1.807) is 0 Å². The van der Waals surface area contributed by atoms with Crippen LogP contribution in [0.15, 0.2) is 54.9 Å². The van der Waals surface area contributed by atoms with Crippen molar-refractivity contribution in [1.82, 2.24) is 0 Å². The molecular formula is C16H21N2+. The molecule has 0 amide bonds. The number of hydrogen-bond donors (Lipinski definition) is 0. The molecule has 0 N–H and O–H groups in total. The summed E-state index contributed by atoms with van der Waals surface area (Å²) in [5.74, 6) is 0. The number of benzene rings is 1. The van der Waals surface area contributed by atoms with Crippen LogP contribution < -0.4 is 9.47 Å². The zero-order chi connectivity index (χ0) is 13.2. The molecule has 2 rings (SSSR count).